The first-order chi connectivity index (χ1) is 6.83. The number of halogens is 2. The van der Waals surface area contributed by atoms with Gasteiger partial charge in [0.2, 0.25) is 9.84 Å². The van der Waals surface area contributed by atoms with E-state index in [0.29, 0.717) is 0 Å². The van der Waals surface area contributed by atoms with E-state index in [0.717, 1.165) is 6.33 Å². The summed E-state index contributed by atoms with van der Waals surface area (Å²) < 4.78 is 23.0. The molecule has 0 N–H and O–H groups in total. The molecule has 0 fully saturated rings. The fourth-order valence-corrected chi connectivity index (χ4v) is 2.84. The Morgan fingerprint density at radius 1 is 1.47 bits per heavy atom. The Labute approximate surface area is 98.6 Å². The van der Waals surface area contributed by atoms with Crippen LogP contribution in [-0.4, -0.2) is 29.0 Å². The summed E-state index contributed by atoms with van der Waals surface area (Å²) in [4.78, 5) is 7.30. The molecule has 0 saturated heterocycles. The van der Waals surface area contributed by atoms with Gasteiger partial charge in [0.05, 0.1) is 16.0 Å². The van der Waals surface area contributed by atoms with Gasteiger partial charge in [-0.1, -0.05) is 11.6 Å². The Morgan fingerprint density at radius 3 is 2.53 bits per heavy atom. The molecular weight excluding hydrogens is 259 g/mol. The van der Waals surface area contributed by atoms with Gasteiger partial charge in [0.25, 0.3) is 0 Å². The van der Waals surface area contributed by atoms with E-state index in [-0.39, 0.29) is 15.9 Å². The summed E-state index contributed by atoms with van der Waals surface area (Å²) in [5.74, 6) is -0.0321. The Hall–Kier alpha value is -0.390. The van der Waals surface area contributed by atoms with Crippen molar-refractivity contribution in [1.29, 1.82) is 0 Å². The van der Waals surface area contributed by atoms with E-state index in [1.807, 2.05) is 0 Å². The molecule has 84 valence electrons. The predicted molar refractivity (Wildman–Crippen MR) is 59.0 cm³/mol. The smallest absolute Gasteiger partial charge is 0.203 e. The maximum atomic E-state index is 12.0. The number of alkyl halides is 1. The van der Waals surface area contributed by atoms with E-state index in [4.69, 9.17) is 23.2 Å². The van der Waals surface area contributed by atoms with Crippen molar-refractivity contribution in [2.45, 2.75) is 23.6 Å². The summed E-state index contributed by atoms with van der Waals surface area (Å²) in [5.41, 5.74) is 0. The number of sulfone groups is 1. The third-order valence-corrected chi connectivity index (χ3v) is 5.59. The Morgan fingerprint density at radius 2 is 2.07 bits per heavy atom. The van der Waals surface area contributed by atoms with Crippen LogP contribution in [0.25, 0.3) is 0 Å². The molecule has 1 rings (SSSR count). The molecule has 1 aromatic rings. The molecule has 0 saturated carbocycles. The van der Waals surface area contributed by atoms with Crippen molar-refractivity contribution in [3.63, 3.8) is 0 Å². The summed E-state index contributed by atoms with van der Waals surface area (Å²) >= 11 is 11.3. The average Bonchev–Trinajstić information content (AvgIpc) is 2.18. The second-order valence-corrected chi connectivity index (χ2v) is 6.75. The van der Waals surface area contributed by atoms with Gasteiger partial charge in [0.1, 0.15) is 6.33 Å². The van der Waals surface area contributed by atoms with E-state index >= 15 is 0 Å². The lowest BCUT2D eigenvalue weighted by Gasteiger charge is -2.21. The normalized spacial score (nSPS) is 12.8. The van der Waals surface area contributed by atoms with Crippen LogP contribution >= 0.6 is 23.2 Å². The highest BCUT2D eigenvalue weighted by Gasteiger charge is 2.37. The minimum atomic E-state index is -3.63. The van der Waals surface area contributed by atoms with Gasteiger partial charge in [0.15, 0.2) is 5.03 Å². The van der Waals surface area contributed by atoms with Crippen LogP contribution < -0.4 is 0 Å². The lowest BCUT2D eigenvalue weighted by molar-refractivity contribution is 0.557. The largest absolute Gasteiger partial charge is 0.243 e. The number of nitrogens with zero attached hydrogens (tertiary/aromatic N) is 2. The summed E-state index contributed by atoms with van der Waals surface area (Å²) in [5, 5.41) is -0.166. The number of hydrogen-bond donors (Lipinski definition) is 0. The third kappa shape index (κ3) is 2.24. The zero-order valence-corrected chi connectivity index (χ0v) is 10.6. The molecule has 0 aromatic carbocycles. The first-order valence-electron chi connectivity index (χ1n) is 4.09. The summed E-state index contributed by atoms with van der Waals surface area (Å²) in [6.07, 6.45) is 2.38. The van der Waals surface area contributed by atoms with Crippen molar-refractivity contribution >= 4 is 33.0 Å². The van der Waals surface area contributed by atoms with Gasteiger partial charge in [0, 0.05) is 5.88 Å². The minimum Gasteiger partial charge on any atom is -0.243 e. The molecule has 1 heterocycles. The predicted octanol–water partition coefficient (Wildman–Crippen LogP) is 1.92. The lowest BCUT2D eigenvalue weighted by Crippen LogP contribution is -2.34. The third-order valence-electron chi connectivity index (χ3n) is 1.94. The van der Waals surface area contributed by atoms with Crippen molar-refractivity contribution < 1.29 is 8.42 Å². The Balaban J connectivity index is 3.37. The highest BCUT2D eigenvalue weighted by Crippen LogP contribution is 2.28. The minimum absolute atomic E-state index is 0.00990. The molecule has 0 bridgehead atoms. The molecule has 0 amide bonds. The van der Waals surface area contributed by atoms with Crippen LogP contribution in [0, 0.1) is 0 Å². The molecule has 1 aromatic heterocycles. The van der Waals surface area contributed by atoms with Gasteiger partial charge in [-0.25, -0.2) is 18.4 Å². The van der Waals surface area contributed by atoms with Crippen LogP contribution in [-0.2, 0) is 9.84 Å². The van der Waals surface area contributed by atoms with Crippen LogP contribution in [0.5, 0.6) is 0 Å². The monoisotopic (exact) mass is 268 g/mol. The van der Waals surface area contributed by atoms with Crippen LogP contribution in [0.4, 0.5) is 0 Å². The van der Waals surface area contributed by atoms with Gasteiger partial charge < -0.3 is 0 Å². The first kappa shape index (κ1) is 12.7. The van der Waals surface area contributed by atoms with Crippen molar-refractivity contribution in [3.8, 4) is 0 Å². The zero-order valence-electron chi connectivity index (χ0n) is 8.24. The van der Waals surface area contributed by atoms with Crippen molar-refractivity contribution in [2.75, 3.05) is 5.88 Å². The number of rotatable bonds is 3. The maximum absolute atomic E-state index is 12.0. The second-order valence-electron chi connectivity index (χ2n) is 3.57. The molecule has 0 atom stereocenters. The van der Waals surface area contributed by atoms with Gasteiger partial charge in [-0.05, 0) is 13.8 Å². The molecule has 4 nitrogen and oxygen atoms in total. The molecule has 0 aliphatic heterocycles. The van der Waals surface area contributed by atoms with Crippen molar-refractivity contribution in [2.24, 2.45) is 0 Å². The topological polar surface area (TPSA) is 59.9 Å². The summed E-state index contributed by atoms with van der Waals surface area (Å²) in [7, 11) is -3.63. The molecule has 0 aliphatic carbocycles. The molecular formula is C8H10Cl2N2O2S. The van der Waals surface area contributed by atoms with Crippen LogP contribution in [0.3, 0.4) is 0 Å². The Kier molecular flexibility index (Phi) is 3.58. The van der Waals surface area contributed by atoms with Gasteiger partial charge in [-0.15, -0.1) is 11.6 Å². The van der Waals surface area contributed by atoms with Gasteiger partial charge in [-0.2, -0.15) is 0 Å². The second kappa shape index (κ2) is 4.23. The SMILES string of the molecule is CC(C)(CCl)S(=O)(=O)c1ncncc1Cl. The highest BCUT2D eigenvalue weighted by molar-refractivity contribution is 7.92. The van der Waals surface area contributed by atoms with E-state index < -0.39 is 14.6 Å². The van der Waals surface area contributed by atoms with E-state index in [1.165, 1.54) is 20.0 Å². The quantitative estimate of drug-likeness (QED) is 0.621. The highest BCUT2D eigenvalue weighted by atomic mass is 35.5. The maximum Gasteiger partial charge on any atom is 0.203 e. The fourth-order valence-electron chi connectivity index (χ4n) is 0.833. The Bertz CT molecular complexity index is 459. The molecule has 0 aliphatic rings. The van der Waals surface area contributed by atoms with Gasteiger partial charge in [-0.3, -0.25) is 0 Å². The van der Waals surface area contributed by atoms with E-state index in [2.05, 4.69) is 9.97 Å². The van der Waals surface area contributed by atoms with Gasteiger partial charge >= 0.3 is 0 Å². The molecule has 0 unspecified atom stereocenters. The van der Waals surface area contributed by atoms with Crippen LogP contribution in [0.1, 0.15) is 13.8 Å². The number of aromatic nitrogens is 2. The first-order valence-corrected chi connectivity index (χ1v) is 6.48. The summed E-state index contributed by atoms with van der Waals surface area (Å²) in [6.45, 7) is 3.04. The average molecular weight is 269 g/mol. The number of hydrogen-bond acceptors (Lipinski definition) is 4. The standard InChI is InChI=1S/C8H10Cl2N2O2S/c1-8(2,4-9)15(13,14)7-6(10)3-11-5-12-7/h3,5H,4H2,1-2H3. The molecule has 7 heteroatoms. The molecule has 15 heavy (non-hydrogen) atoms. The molecule has 0 radical (unpaired) electrons. The van der Waals surface area contributed by atoms with Crippen LogP contribution in [0.15, 0.2) is 17.6 Å². The zero-order chi connectivity index (χ0) is 11.7. The fraction of sp³-hybridized carbons (Fsp3) is 0.500. The van der Waals surface area contributed by atoms with E-state index in [9.17, 15) is 8.42 Å². The van der Waals surface area contributed by atoms with E-state index in [1.54, 1.807) is 0 Å². The van der Waals surface area contributed by atoms with Crippen molar-refractivity contribution in [3.05, 3.63) is 17.5 Å². The lowest BCUT2D eigenvalue weighted by atomic mass is 10.2. The van der Waals surface area contributed by atoms with Crippen molar-refractivity contribution in [1.82, 2.24) is 9.97 Å². The molecule has 0 spiro atoms. The van der Waals surface area contributed by atoms with Crippen LogP contribution in [0.2, 0.25) is 5.02 Å². The summed E-state index contributed by atoms with van der Waals surface area (Å²) in [6, 6.07) is 0.